The number of hydrogen-bond acceptors (Lipinski definition) is 3. The van der Waals surface area contributed by atoms with Crippen LogP contribution in [-0.4, -0.2) is 15.9 Å². The number of benzene rings is 1. The van der Waals surface area contributed by atoms with Crippen LogP contribution in [-0.2, 0) is 11.2 Å². The summed E-state index contributed by atoms with van der Waals surface area (Å²) in [6, 6.07) is 9.15. The predicted molar refractivity (Wildman–Crippen MR) is 75.6 cm³/mol. The molecule has 1 heterocycles. The Labute approximate surface area is 120 Å². The topological polar surface area (TPSA) is 54.9 Å². The van der Waals surface area contributed by atoms with Gasteiger partial charge in [0, 0.05) is 6.07 Å². The first kappa shape index (κ1) is 13.8. The molecular weight excluding hydrogens is 285 g/mol. The molecule has 0 aliphatic heterocycles. The molecule has 0 aliphatic carbocycles. The van der Waals surface area contributed by atoms with Crippen molar-refractivity contribution in [3.63, 3.8) is 0 Å². The molecule has 0 saturated carbocycles. The number of halogens is 2. The molecule has 19 heavy (non-hydrogen) atoms. The molecule has 2 rings (SSSR count). The van der Waals surface area contributed by atoms with Gasteiger partial charge in [-0.1, -0.05) is 35.9 Å². The van der Waals surface area contributed by atoms with Crippen molar-refractivity contribution in [1.29, 1.82) is 0 Å². The molecular formula is C13H11Cl2N3O. The predicted octanol–water partition coefficient (Wildman–Crippen LogP) is 3.27. The normalized spacial score (nSPS) is 10.3. The molecule has 4 nitrogen and oxygen atoms in total. The van der Waals surface area contributed by atoms with E-state index in [0.29, 0.717) is 5.82 Å². The van der Waals surface area contributed by atoms with Gasteiger partial charge in [0.05, 0.1) is 6.42 Å². The van der Waals surface area contributed by atoms with E-state index in [1.165, 1.54) is 6.07 Å². The Morgan fingerprint density at radius 2 is 2.00 bits per heavy atom. The molecule has 0 saturated heterocycles. The molecule has 98 valence electrons. The Bertz CT molecular complexity index is 596. The minimum atomic E-state index is -0.180. The number of hydrogen-bond donors (Lipinski definition) is 1. The van der Waals surface area contributed by atoms with Crippen molar-refractivity contribution in [3.8, 4) is 0 Å². The van der Waals surface area contributed by atoms with Gasteiger partial charge in [-0.15, -0.1) is 0 Å². The van der Waals surface area contributed by atoms with Crippen molar-refractivity contribution < 1.29 is 4.79 Å². The zero-order chi connectivity index (χ0) is 13.8. The van der Waals surface area contributed by atoms with Crippen LogP contribution in [0.2, 0.25) is 10.4 Å². The quantitative estimate of drug-likeness (QED) is 0.698. The summed E-state index contributed by atoms with van der Waals surface area (Å²) < 4.78 is 0. The Balaban J connectivity index is 2.07. The molecule has 0 unspecified atom stereocenters. The molecule has 0 bridgehead atoms. The van der Waals surface area contributed by atoms with Crippen LogP contribution in [0.25, 0.3) is 0 Å². The van der Waals surface area contributed by atoms with E-state index in [0.717, 1.165) is 11.1 Å². The van der Waals surface area contributed by atoms with Crippen LogP contribution < -0.4 is 5.32 Å². The average Bonchev–Trinajstić information content (AvgIpc) is 2.30. The van der Waals surface area contributed by atoms with Crippen LogP contribution in [0, 0.1) is 6.92 Å². The summed E-state index contributed by atoms with van der Waals surface area (Å²) in [5, 5.41) is 2.83. The zero-order valence-corrected chi connectivity index (χ0v) is 11.7. The monoisotopic (exact) mass is 295 g/mol. The van der Waals surface area contributed by atoms with Crippen LogP contribution in [0.5, 0.6) is 0 Å². The van der Waals surface area contributed by atoms with Crippen molar-refractivity contribution in [3.05, 3.63) is 51.9 Å². The standard InChI is InChI=1S/C13H11Cl2N3O/c1-8-4-2-3-5-9(8)6-12(19)17-11-7-10(14)16-13(15)18-11/h2-5,7H,6H2,1H3,(H,16,17,18,19). The van der Waals surface area contributed by atoms with Crippen molar-refractivity contribution >= 4 is 34.9 Å². The molecule has 1 aromatic heterocycles. The summed E-state index contributed by atoms with van der Waals surface area (Å²) in [5.41, 5.74) is 2.03. The molecule has 0 radical (unpaired) electrons. The summed E-state index contributed by atoms with van der Waals surface area (Å²) in [4.78, 5) is 19.5. The van der Waals surface area contributed by atoms with E-state index in [9.17, 15) is 4.79 Å². The number of aromatic nitrogens is 2. The molecule has 6 heteroatoms. The Morgan fingerprint density at radius 1 is 1.26 bits per heavy atom. The van der Waals surface area contributed by atoms with Gasteiger partial charge in [0.1, 0.15) is 11.0 Å². The van der Waals surface area contributed by atoms with E-state index in [2.05, 4.69) is 15.3 Å². The maximum atomic E-state index is 11.9. The summed E-state index contributed by atoms with van der Waals surface area (Å²) in [6.45, 7) is 1.96. The minimum Gasteiger partial charge on any atom is -0.310 e. The number of amides is 1. The number of anilines is 1. The number of carbonyl (C=O) groups excluding carboxylic acids is 1. The zero-order valence-electron chi connectivity index (χ0n) is 10.2. The highest BCUT2D eigenvalue weighted by molar-refractivity contribution is 6.32. The second kappa shape index (κ2) is 5.99. The fourth-order valence-corrected chi connectivity index (χ4v) is 2.03. The van der Waals surface area contributed by atoms with Gasteiger partial charge in [-0.25, -0.2) is 9.97 Å². The Morgan fingerprint density at radius 3 is 2.68 bits per heavy atom. The smallest absolute Gasteiger partial charge is 0.229 e. The molecule has 1 amide bonds. The van der Waals surface area contributed by atoms with Crippen LogP contribution in [0.15, 0.2) is 30.3 Å². The third-order valence-corrected chi connectivity index (χ3v) is 2.91. The SMILES string of the molecule is Cc1ccccc1CC(=O)Nc1cc(Cl)nc(Cl)n1. The number of nitrogens with zero attached hydrogens (tertiary/aromatic N) is 2. The molecule has 0 aliphatic rings. The molecule has 2 aromatic rings. The lowest BCUT2D eigenvalue weighted by Crippen LogP contribution is -2.16. The lowest BCUT2D eigenvalue weighted by Gasteiger charge is -2.07. The van der Waals surface area contributed by atoms with Crippen molar-refractivity contribution in [2.45, 2.75) is 13.3 Å². The van der Waals surface area contributed by atoms with Crippen molar-refractivity contribution in [2.75, 3.05) is 5.32 Å². The highest BCUT2D eigenvalue weighted by Gasteiger charge is 2.08. The molecule has 0 atom stereocenters. The third kappa shape index (κ3) is 3.91. The first-order chi connectivity index (χ1) is 9.04. The maximum absolute atomic E-state index is 11.9. The van der Waals surface area contributed by atoms with Gasteiger partial charge < -0.3 is 5.32 Å². The summed E-state index contributed by atoms with van der Waals surface area (Å²) in [7, 11) is 0. The number of carbonyl (C=O) groups is 1. The fourth-order valence-electron chi connectivity index (χ4n) is 1.62. The maximum Gasteiger partial charge on any atom is 0.229 e. The van der Waals surface area contributed by atoms with Gasteiger partial charge in [0.25, 0.3) is 0 Å². The highest BCUT2D eigenvalue weighted by atomic mass is 35.5. The van der Waals surface area contributed by atoms with E-state index >= 15 is 0 Å². The van der Waals surface area contributed by atoms with Crippen molar-refractivity contribution in [2.24, 2.45) is 0 Å². The summed E-state index contributed by atoms with van der Waals surface area (Å²) >= 11 is 11.4. The second-order valence-corrected chi connectivity index (χ2v) is 4.72. The van der Waals surface area contributed by atoms with Crippen LogP contribution in [0.1, 0.15) is 11.1 Å². The van der Waals surface area contributed by atoms with E-state index in [4.69, 9.17) is 23.2 Å². The lowest BCUT2D eigenvalue weighted by atomic mass is 10.1. The first-order valence-electron chi connectivity index (χ1n) is 5.59. The number of aryl methyl sites for hydroxylation is 1. The van der Waals surface area contributed by atoms with Gasteiger partial charge in [-0.2, -0.15) is 0 Å². The third-order valence-electron chi connectivity index (χ3n) is 2.55. The van der Waals surface area contributed by atoms with Gasteiger partial charge in [-0.3, -0.25) is 4.79 Å². The van der Waals surface area contributed by atoms with E-state index in [-0.39, 0.29) is 22.8 Å². The summed E-state index contributed by atoms with van der Waals surface area (Å²) in [5.74, 6) is 0.115. The van der Waals surface area contributed by atoms with Crippen LogP contribution in [0.3, 0.4) is 0 Å². The van der Waals surface area contributed by atoms with Crippen molar-refractivity contribution in [1.82, 2.24) is 9.97 Å². The Kier molecular flexibility index (Phi) is 4.35. The highest BCUT2D eigenvalue weighted by Crippen LogP contribution is 2.15. The number of rotatable bonds is 3. The van der Waals surface area contributed by atoms with E-state index in [1.807, 2.05) is 31.2 Å². The number of nitrogens with one attached hydrogen (secondary N) is 1. The molecule has 1 aromatic carbocycles. The largest absolute Gasteiger partial charge is 0.310 e. The van der Waals surface area contributed by atoms with E-state index < -0.39 is 0 Å². The second-order valence-electron chi connectivity index (χ2n) is 4.00. The Hall–Kier alpha value is -1.65. The molecule has 0 fully saturated rings. The fraction of sp³-hybridized carbons (Fsp3) is 0.154. The van der Waals surface area contributed by atoms with Gasteiger partial charge in [0.2, 0.25) is 11.2 Å². The van der Waals surface area contributed by atoms with Gasteiger partial charge in [0.15, 0.2) is 0 Å². The molecule has 1 N–H and O–H groups in total. The lowest BCUT2D eigenvalue weighted by molar-refractivity contribution is -0.115. The summed E-state index contributed by atoms with van der Waals surface area (Å²) in [6.07, 6.45) is 0.270. The average molecular weight is 296 g/mol. The van der Waals surface area contributed by atoms with E-state index in [1.54, 1.807) is 0 Å². The van der Waals surface area contributed by atoms with Crippen LogP contribution in [0.4, 0.5) is 5.82 Å². The molecule has 0 spiro atoms. The minimum absolute atomic E-state index is 0.00121. The van der Waals surface area contributed by atoms with Gasteiger partial charge in [-0.05, 0) is 29.7 Å². The van der Waals surface area contributed by atoms with Gasteiger partial charge >= 0.3 is 0 Å². The first-order valence-corrected chi connectivity index (χ1v) is 6.34. The van der Waals surface area contributed by atoms with Crippen LogP contribution >= 0.6 is 23.2 Å².